The third-order valence-corrected chi connectivity index (χ3v) is 3.94. The second kappa shape index (κ2) is 5.54. The standard InChI is InChI=1S/C11H16FN3O3S/c1-7(11(16)15(2)3)14-19(17,18)10-6-8(13)4-5-9(10)12/h4-7,14H,13H2,1-3H3. The quantitative estimate of drug-likeness (QED) is 0.772. The average molecular weight is 289 g/mol. The molecule has 1 rings (SSSR count). The summed E-state index contributed by atoms with van der Waals surface area (Å²) >= 11 is 0. The maximum atomic E-state index is 13.5. The molecule has 0 radical (unpaired) electrons. The number of sulfonamides is 1. The molecule has 1 atom stereocenters. The van der Waals surface area contributed by atoms with Crippen molar-refractivity contribution in [2.75, 3.05) is 19.8 Å². The van der Waals surface area contributed by atoms with Crippen LogP contribution in [0, 0.1) is 5.82 Å². The third kappa shape index (κ3) is 3.65. The fraction of sp³-hybridized carbons (Fsp3) is 0.364. The number of hydrogen-bond donors (Lipinski definition) is 2. The Morgan fingerprint density at radius 2 is 2.00 bits per heavy atom. The second-order valence-electron chi connectivity index (χ2n) is 4.27. The van der Waals surface area contributed by atoms with Gasteiger partial charge in [0.05, 0.1) is 6.04 Å². The molecule has 0 aliphatic carbocycles. The molecule has 0 fully saturated rings. The number of benzene rings is 1. The molecule has 1 unspecified atom stereocenters. The van der Waals surface area contributed by atoms with Crippen LogP contribution in [0.1, 0.15) is 6.92 Å². The molecule has 0 spiro atoms. The van der Waals surface area contributed by atoms with E-state index in [1.54, 1.807) is 0 Å². The van der Waals surface area contributed by atoms with Crippen molar-refractivity contribution in [1.29, 1.82) is 0 Å². The normalized spacial score (nSPS) is 13.1. The van der Waals surface area contributed by atoms with Crippen LogP contribution in [0.5, 0.6) is 0 Å². The number of anilines is 1. The van der Waals surface area contributed by atoms with E-state index in [2.05, 4.69) is 4.72 Å². The van der Waals surface area contributed by atoms with Crippen molar-refractivity contribution in [3.63, 3.8) is 0 Å². The van der Waals surface area contributed by atoms with Crippen LogP contribution in [0.2, 0.25) is 0 Å². The first-order valence-electron chi connectivity index (χ1n) is 5.43. The Kier molecular flexibility index (Phi) is 4.48. The Balaban J connectivity index is 3.05. The summed E-state index contributed by atoms with van der Waals surface area (Å²) in [5, 5.41) is 0. The van der Waals surface area contributed by atoms with Gasteiger partial charge in [-0.1, -0.05) is 0 Å². The Morgan fingerprint density at radius 1 is 1.42 bits per heavy atom. The van der Waals surface area contributed by atoms with E-state index in [9.17, 15) is 17.6 Å². The number of carbonyl (C=O) groups is 1. The van der Waals surface area contributed by atoms with Crippen molar-refractivity contribution in [2.45, 2.75) is 17.9 Å². The molecule has 3 N–H and O–H groups in total. The number of hydrogen-bond acceptors (Lipinski definition) is 4. The van der Waals surface area contributed by atoms with Crippen molar-refractivity contribution in [3.05, 3.63) is 24.0 Å². The van der Waals surface area contributed by atoms with E-state index >= 15 is 0 Å². The number of nitrogens with one attached hydrogen (secondary N) is 1. The Morgan fingerprint density at radius 3 is 2.53 bits per heavy atom. The van der Waals surface area contributed by atoms with Gasteiger partial charge in [-0.3, -0.25) is 4.79 Å². The van der Waals surface area contributed by atoms with Gasteiger partial charge in [0.1, 0.15) is 10.7 Å². The van der Waals surface area contributed by atoms with E-state index in [-0.39, 0.29) is 5.69 Å². The molecule has 8 heteroatoms. The van der Waals surface area contributed by atoms with Gasteiger partial charge < -0.3 is 10.6 Å². The molecule has 0 bridgehead atoms. The topological polar surface area (TPSA) is 92.5 Å². The molecule has 0 aromatic heterocycles. The lowest BCUT2D eigenvalue weighted by Crippen LogP contribution is -2.44. The number of likely N-dealkylation sites (N-methyl/N-ethyl adjacent to an activating group) is 1. The van der Waals surface area contributed by atoms with Gasteiger partial charge >= 0.3 is 0 Å². The molecule has 1 amide bonds. The largest absolute Gasteiger partial charge is 0.399 e. The Bertz CT molecular complexity index is 587. The van der Waals surface area contributed by atoms with Gasteiger partial charge in [-0.15, -0.1) is 0 Å². The Hall–Kier alpha value is -1.67. The predicted molar refractivity (Wildman–Crippen MR) is 69.3 cm³/mol. The zero-order valence-corrected chi connectivity index (χ0v) is 11.7. The molecule has 0 heterocycles. The van der Waals surface area contributed by atoms with Crippen LogP contribution in [0.15, 0.2) is 23.1 Å². The number of amides is 1. The summed E-state index contributed by atoms with van der Waals surface area (Å²) in [6.07, 6.45) is 0. The minimum atomic E-state index is -4.14. The molecule has 106 valence electrons. The summed E-state index contributed by atoms with van der Waals surface area (Å²) in [6, 6.07) is 2.22. The molecule has 0 saturated heterocycles. The van der Waals surface area contributed by atoms with Gasteiger partial charge in [0.15, 0.2) is 0 Å². The lowest BCUT2D eigenvalue weighted by Gasteiger charge is -2.18. The van der Waals surface area contributed by atoms with Gasteiger partial charge in [0.25, 0.3) is 0 Å². The number of nitrogen functional groups attached to an aromatic ring is 1. The SMILES string of the molecule is CC(NS(=O)(=O)c1cc(N)ccc1F)C(=O)N(C)C. The van der Waals surface area contributed by atoms with E-state index in [1.807, 2.05) is 0 Å². The zero-order chi connectivity index (χ0) is 14.8. The molecule has 1 aromatic rings. The number of nitrogens with two attached hydrogens (primary N) is 1. The smallest absolute Gasteiger partial charge is 0.244 e. The van der Waals surface area contributed by atoms with Crippen LogP contribution in [0.4, 0.5) is 10.1 Å². The predicted octanol–water partition coefficient (Wildman–Crippen LogP) is 0.163. The van der Waals surface area contributed by atoms with Crippen molar-refractivity contribution in [3.8, 4) is 0 Å². The summed E-state index contributed by atoms with van der Waals surface area (Å²) in [4.78, 5) is 12.2. The lowest BCUT2D eigenvalue weighted by molar-refractivity contribution is -0.130. The zero-order valence-electron chi connectivity index (χ0n) is 10.8. The average Bonchev–Trinajstić information content (AvgIpc) is 2.30. The molecule has 19 heavy (non-hydrogen) atoms. The summed E-state index contributed by atoms with van der Waals surface area (Å²) in [5.41, 5.74) is 5.55. The fourth-order valence-corrected chi connectivity index (χ4v) is 2.77. The molecular formula is C11H16FN3O3S. The second-order valence-corrected chi connectivity index (χ2v) is 5.95. The first-order chi connectivity index (χ1) is 8.65. The van der Waals surface area contributed by atoms with Crippen molar-refractivity contribution >= 4 is 21.6 Å². The van der Waals surface area contributed by atoms with Crippen LogP contribution in [0.3, 0.4) is 0 Å². The van der Waals surface area contributed by atoms with Crippen molar-refractivity contribution < 1.29 is 17.6 Å². The highest BCUT2D eigenvalue weighted by Crippen LogP contribution is 2.17. The molecule has 0 aliphatic heterocycles. The van der Waals surface area contributed by atoms with Gasteiger partial charge in [-0.25, -0.2) is 12.8 Å². The van der Waals surface area contributed by atoms with E-state index < -0.39 is 32.7 Å². The van der Waals surface area contributed by atoms with Gasteiger partial charge in [0.2, 0.25) is 15.9 Å². The third-order valence-electron chi connectivity index (χ3n) is 2.39. The monoisotopic (exact) mass is 289 g/mol. The van der Waals surface area contributed by atoms with Gasteiger partial charge in [-0.2, -0.15) is 4.72 Å². The fourth-order valence-electron chi connectivity index (χ4n) is 1.46. The highest BCUT2D eigenvalue weighted by Gasteiger charge is 2.25. The minimum Gasteiger partial charge on any atom is -0.399 e. The molecule has 0 saturated carbocycles. The summed E-state index contributed by atoms with van der Waals surface area (Å²) < 4.78 is 39.5. The molecule has 6 nitrogen and oxygen atoms in total. The number of halogens is 1. The maximum Gasteiger partial charge on any atom is 0.244 e. The van der Waals surface area contributed by atoms with Gasteiger partial charge in [0, 0.05) is 19.8 Å². The van der Waals surface area contributed by atoms with Crippen LogP contribution in [-0.4, -0.2) is 39.4 Å². The highest BCUT2D eigenvalue weighted by atomic mass is 32.2. The van der Waals surface area contributed by atoms with Crippen LogP contribution < -0.4 is 10.5 Å². The molecule has 0 aliphatic rings. The number of nitrogens with zero attached hydrogens (tertiary/aromatic N) is 1. The summed E-state index contributed by atoms with van der Waals surface area (Å²) in [5.74, 6) is -1.36. The lowest BCUT2D eigenvalue weighted by atomic mass is 10.3. The van der Waals surface area contributed by atoms with Crippen molar-refractivity contribution in [1.82, 2.24) is 9.62 Å². The Labute approximate surface area is 111 Å². The van der Waals surface area contributed by atoms with Crippen molar-refractivity contribution in [2.24, 2.45) is 0 Å². The first kappa shape index (κ1) is 15.4. The molecule has 1 aromatic carbocycles. The van der Waals surface area contributed by atoms with Crippen LogP contribution in [0.25, 0.3) is 0 Å². The van der Waals surface area contributed by atoms with E-state index in [0.717, 1.165) is 12.1 Å². The first-order valence-corrected chi connectivity index (χ1v) is 6.92. The summed E-state index contributed by atoms with van der Waals surface area (Å²) in [7, 11) is -1.16. The number of carbonyl (C=O) groups excluding carboxylic acids is 1. The van der Waals surface area contributed by atoms with E-state index in [1.165, 1.54) is 32.0 Å². The molecular weight excluding hydrogens is 273 g/mol. The van der Waals surface area contributed by atoms with E-state index in [4.69, 9.17) is 5.73 Å². The minimum absolute atomic E-state index is 0.119. The van der Waals surface area contributed by atoms with E-state index in [0.29, 0.717) is 0 Å². The number of rotatable bonds is 4. The van der Waals surface area contributed by atoms with Crippen LogP contribution in [-0.2, 0) is 14.8 Å². The summed E-state index contributed by atoms with van der Waals surface area (Å²) in [6.45, 7) is 1.38. The highest BCUT2D eigenvalue weighted by molar-refractivity contribution is 7.89. The van der Waals surface area contributed by atoms with Crippen LogP contribution >= 0.6 is 0 Å². The van der Waals surface area contributed by atoms with Gasteiger partial charge in [-0.05, 0) is 25.1 Å². The maximum absolute atomic E-state index is 13.5.